The Kier molecular flexibility index (Phi) is 4.81. The summed E-state index contributed by atoms with van der Waals surface area (Å²) in [5, 5.41) is 0. The maximum atomic E-state index is 10.2. The molecule has 4 nitrogen and oxygen atoms in total. The predicted octanol–water partition coefficient (Wildman–Crippen LogP) is 0.626. The number of carbonyl (C=O) groups excluding carboxylic acids is 2. The van der Waals surface area contributed by atoms with E-state index in [9.17, 15) is 9.59 Å². The zero-order valence-corrected chi connectivity index (χ0v) is 6.49. The molecule has 0 aliphatic heterocycles. The van der Waals surface area contributed by atoms with E-state index in [2.05, 4.69) is 9.47 Å². The highest BCUT2D eigenvalue weighted by molar-refractivity contribution is 5.66. The molecule has 0 rings (SSSR count). The van der Waals surface area contributed by atoms with Gasteiger partial charge in [-0.05, 0) is 6.08 Å². The molecule has 0 N–H and O–H groups in total. The lowest BCUT2D eigenvalue weighted by Gasteiger charge is -1.94. The van der Waals surface area contributed by atoms with Crippen LogP contribution in [0.4, 0.5) is 0 Å². The van der Waals surface area contributed by atoms with Crippen LogP contribution in [-0.2, 0) is 19.1 Å². The van der Waals surface area contributed by atoms with Crippen LogP contribution < -0.4 is 0 Å². The average Bonchev–Trinajstić information content (AvgIpc) is 1.85. The number of esters is 2. The summed E-state index contributed by atoms with van der Waals surface area (Å²) in [6.07, 6.45) is 2.62. The van der Waals surface area contributed by atoms with Crippen LogP contribution in [0.25, 0.3) is 0 Å². The van der Waals surface area contributed by atoms with E-state index in [-0.39, 0.29) is 12.6 Å². The molecule has 0 radical (unpaired) electrons. The molecule has 0 unspecified atom stereocenters. The van der Waals surface area contributed by atoms with Crippen LogP contribution in [-0.4, -0.2) is 18.5 Å². The van der Waals surface area contributed by atoms with Gasteiger partial charge in [0.2, 0.25) is 0 Å². The Hall–Kier alpha value is -1.32. The Morgan fingerprint density at radius 1 is 1.27 bits per heavy atom. The molecule has 0 bridgehead atoms. The quantitative estimate of drug-likeness (QED) is 0.446. The second-order valence-corrected chi connectivity index (χ2v) is 1.78. The molecule has 0 atom stereocenters. The average molecular weight is 158 g/mol. The third kappa shape index (κ3) is 8.68. The molecule has 0 spiro atoms. The van der Waals surface area contributed by atoms with E-state index >= 15 is 0 Å². The normalized spacial score (nSPS) is 9.64. The van der Waals surface area contributed by atoms with Gasteiger partial charge < -0.3 is 9.47 Å². The number of carbonyl (C=O) groups is 2. The molecule has 0 saturated carbocycles. The van der Waals surface area contributed by atoms with Crippen molar-refractivity contribution in [2.45, 2.75) is 13.8 Å². The molecule has 62 valence electrons. The van der Waals surface area contributed by atoms with Crippen LogP contribution in [0.3, 0.4) is 0 Å². The van der Waals surface area contributed by atoms with E-state index in [4.69, 9.17) is 0 Å². The van der Waals surface area contributed by atoms with E-state index in [1.807, 2.05) is 0 Å². The fourth-order valence-electron chi connectivity index (χ4n) is 0.349. The summed E-state index contributed by atoms with van der Waals surface area (Å²) in [5.74, 6) is -0.762. The van der Waals surface area contributed by atoms with E-state index in [1.54, 1.807) is 0 Å². The first kappa shape index (κ1) is 9.68. The summed E-state index contributed by atoms with van der Waals surface area (Å²) in [6, 6.07) is 0. The zero-order chi connectivity index (χ0) is 8.69. The highest BCUT2D eigenvalue weighted by Crippen LogP contribution is 1.81. The van der Waals surface area contributed by atoms with Gasteiger partial charge in [0, 0.05) is 13.8 Å². The molecule has 0 aromatic rings. The third-order valence-electron chi connectivity index (χ3n) is 0.713. The maximum Gasteiger partial charge on any atom is 0.307 e. The topological polar surface area (TPSA) is 52.6 Å². The minimum absolute atomic E-state index is 0.128. The van der Waals surface area contributed by atoms with E-state index in [0.717, 1.165) is 0 Å². The van der Waals surface area contributed by atoms with E-state index < -0.39 is 5.97 Å². The van der Waals surface area contributed by atoms with Gasteiger partial charge in [-0.3, -0.25) is 9.59 Å². The molecule has 0 amide bonds. The van der Waals surface area contributed by atoms with Crippen LogP contribution in [0, 0.1) is 0 Å². The highest BCUT2D eigenvalue weighted by Gasteiger charge is 1.87. The van der Waals surface area contributed by atoms with Gasteiger partial charge in [-0.2, -0.15) is 0 Å². The van der Waals surface area contributed by atoms with Crippen LogP contribution in [0.5, 0.6) is 0 Å². The molecule has 11 heavy (non-hydrogen) atoms. The molecule has 0 aromatic heterocycles. The standard InChI is InChI=1S/C7H10O4/c1-6(8)10-4-3-5-11-7(2)9/h3-4H,5H2,1-2H3. The summed E-state index contributed by atoms with van der Waals surface area (Å²) in [5.41, 5.74) is 0. The SMILES string of the molecule is CC(=O)OC=CCOC(C)=O. The molecule has 0 aliphatic carbocycles. The molecule has 4 heteroatoms. The second-order valence-electron chi connectivity index (χ2n) is 1.78. The molecule has 0 aromatic carbocycles. The van der Waals surface area contributed by atoms with Crippen molar-refractivity contribution in [2.75, 3.05) is 6.61 Å². The minimum atomic E-state index is -0.399. The van der Waals surface area contributed by atoms with Crippen molar-refractivity contribution in [3.63, 3.8) is 0 Å². The van der Waals surface area contributed by atoms with Gasteiger partial charge in [-0.15, -0.1) is 0 Å². The number of hydrogen-bond donors (Lipinski definition) is 0. The maximum absolute atomic E-state index is 10.2. The van der Waals surface area contributed by atoms with Crippen molar-refractivity contribution < 1.29 is 19.1 Å². The first-order chi connectivity index (χ1) is 5.13. The second kappa shape index (κ2) is 5.46. The van der Waals surface area contributed by atoms with E-state index in [0.29, 0.717) is 0 Å². The van der Waals surface area contributed by atoms with E-state index in [1.165, 1.54) is 26.2 Å². The predicted molar refractivity (Wildman–Crippen MR) is 37.5 cm³/mol. The van der Waals surface area contributed by atoms with Gasteiger partial charge in [0.1, 0.15) is 6.61 Å². The van der Waals surface area contributed by atoms with Crippen molar-refractivity contribution in [2.24, 2.45) is 0 Å². The summed E-state index contributed by atoms with van der Waals surface area (Å²) in [7, 11) is 0. The largest absolute Gasteiger partial charge is 0.462 e. The first-order valence-corrected chi connectivity index (χ1v) is 3.08. The van der Waals surface area contributed by atoms with Crippen LogP contribution in [0.2, 0.25) is 0 Å². The number of rotatable bonds is 3. The Bertz CT molecular complexity index is 171. The van der Waals surface area contributed by atoms with Gasteiger partial charge in [-0.25, -0.2) is 0 Å². The molecular formula is C7H10O4. The van der Waals surface area contributed by atoms with Gasteiger partial charge in [0.25, 0.3) is 0 Å². The van der Waals surface area contributed by atoms with Crippen LogP contribution in [0.1, 0.15) is 13.8 Å². The number of ether oxygens (including phenoxy) is 2. The van der Waals surface area contributed by atoms with Crippen molar-refractivity contribution in [1.29, 1.82) is 0 Å². The van der Waals surface area contributed by atoms with Gasteiger partial charge in [0.05, 0.1) is 6.26 Å². The summed E-state index contributed by atoms with van der Waals surface area (Å²) in [4.78, 5) is 20.3. The molecule has 0 heterocycles. The summed E-state index contributed by atoms with van der Waals surface area (Å²) < 4.78 is 8.92. The molecule has 0 aliphatic rings. The van der Waals surface area contributed by atoms with Gasteiger partial charge in [-0.1, -0.05) is 0 Å². The first-order valence-electron chi connectivity index (χ1n) is 3.08. The van der Waals surface area contributed by atoms with Crippen molar-refractivity contribution in [3.8, 4) is 0 Å². The lowest BCUT2D eigenvalue weighted by molar-refractivity contribution is -0.139. The lowest BCUT2D eigenvalue weighted by Crippen LogP contribution is -1.98. The van der Waals surface area contributed by atoms with Crippen molar-refractivity contribution in [3.05, 3.63) is 12.3 Å². The molecule has 0 saturated heterocycles. The third-order valence-corrected chi connectivity index (χ3v) is 0.713. The van der Waals surface area contributed by atoms with Crippen LogP contribution in [0.15, 0.2) is 12.3 Å². The van der Waals surface area contributed by atoms with Gasteiger partial charge in [0.15, 0.2) is 0 Å². The van der Waals surface area contributed by atoms with Crippen molar-refractivity contribution >= 4 is 11.9 Å². The smallest absolute Gasteiger partial charge is 0.307 e. The minimum Gasteiger partial charge on any atom is -0.462 e. The zero-order valence-electron chi connectivity index (χ0n) is 6.49. The fourth-order valence-corrected chi connectivity index (χ4v) is 0.349. The number of hydrogen-bond acceptors (Lipinski definition) is 4. The Morgan fingerprint density at radius 2 is 1.91 bits per heavy atom. The van der Waals surface area contributed by atoms with Crippen LogP contribution >= 0.6 is 0 Å². The molecular weight excluding hydrogens is 148 g/mol. The van der Waals surface area contributed by atoms with Gasteiger partial charge >= 0.3 is 11.9 Å². The summed E-state index contributed by atoms with van der Waals surface area (Å²) >= 11 is 0. The highest BCUT2D eigenvalue weighted by atomic mass is 16.5. The molecule has 0 fully saturated rings. The Balaban J connectivity index is 3.30. The lowest BCUT2D eigenvalue weighted by atomic mass is 10.6. The fraction of sp³-hybridized carbons (Fsp3) is 0.429. The Labute approximate surface area is 64.8 Å². The Morgan fingerprint density at radius 3 is 2.36 bits per heavy atom. The van der Waals surface area contributed by atoms with Crippen molar-refractivity contribution in [1.82, 2.24) is 0 Å². The summed E-state index contributed by atoms with van der Waals surface area (Å²) in [6.45, 7) is 2.72. The monoisotopic (exact) mass is 158 g/mol.